The Balaban J connectivity index is 2.23. The molecule has 21 heavy (non-hydrogen) atoms. The third-order valence-electron chi connectivity index (χ3n) is 3.95. The van der Waals surface area contributed by atoms with Crippen molar-refractivity contribution in [1.29, 1.82) is 10.5 Å². The van der Waals surface area contributed by atoms with Crippen LogP contribution in [0.5, 0.6) is 0 Å². The maximum atomic E-state index is 12.1. The molecule has 1 aromatic heterocycles. The van der Waals surface area contributed by atoms with Gasteiger partial charge in [0.1, 0.15) is 11.6 Å². The minimum absolute atomic E-state index is 0.252. The van der Waals surface area contributed by atoms with E-state index in [0.717, 1.165) is 48.1 Å². The Morgan fingerprint density at radius 3 is 2.24 bits per heavy atom. The number of hydrogen-bond acceptors (Lipinski definition) is 3. The summed E-state index contributed by atoms with van der Waals surface area (Å²) in [4.78, 5) is 15.0. The number of aromatic nitrogens is 1. The van der Waals surface area contributed by atoms with Crippen LogP contribution in [-0.2, 0) is 12.8 Å². The number of nitrogens with zero attached hydrogens (tertiary/aromatic N) is 2. The molecular formula is C17H13N3O. The van der Waals surface area contributed by atoms with Gasteiger partial charge >= 0.3 is 0 Å². The first-order valence-electron chi connectivity index (χ1n) is 6.93. The van der Waals surface area contributed by atoms with Crippen molar-refractivity contribution in [2.75, 3.05) is 0 Å². The summed E-state index contributed by atoms with van der Waals surface area (Å²) < 4.78 is 0. The Kier molecular flexibility index (Phi) is 3.30. The maximum absolute atomic E-state index is 12.1. The molecule has 1 aliphatic rings. The zero-order valence-corrected chi connectivity index (χ0v) is 11.4. The van der Waals surface area contributed by atoms with Gasteiger partial charge in [-0.05, 0) is 54.5 Å². The highest BCUT2D eigenvalue weighted by Gasteiger charge is 2.20. The molecule has 4 heteroatoms. The summed E-state index contributed by atoms with van der Waals surface area (Å²) >= 11 is 0. The van der Waals surface area contributed by atoms with Crippen LogP contribution >= 0.6 is 0 Å². The highest BCUT2D eigenvalue weighted by Crippen LogP contribution is 2.30. The highest BCUT2D eigenvalue weighted by molar-refractivity contribution is 5.67. The Morgan fingerprint density at radius 1 is 0.952 bits per heavy atom. The van der Waals surface area contributed by atoms with E-state index in [4.69, 9.17) is 5.26 Å². The van der Waals surface area contributed by atoms with Crippen LogP contribution in [0.25, 0.3) is 11.3 Å². The van der Waals surface area contributed by atoms with Crippen molar-refractivity contribution in [2.24, 2.45) is 0 Å². The Hall–Kier alpha value is -2.85. The first kappa shape index (κ1) is 13.1. The van der Waals surface area contributed by atoms with Crippen LogP contribution in [-0.4, -0.2) is 4.98 Å². The Bertz CT molecular complexity index is 833. The molecular weight excluding hydrogens is 263 g/mol. The lowest BCUT2D eigenvalue weighted by molar-refractivity contribution is 0.680. The summed E-state index contributed by atoms with van der Waals surface area (Å²) in [5.74, 6) is 0. The van der Waals surface area contributed by atoms with E-state index in [1.165, 1.54) is 0 Å². The fourth-order valence-corrected chi connectivity index (χ4v) is 2.92. The maximum Gasteiger partial charge on any atom is 0.266 e. The van der Waals surface area contributed by atoms with E-state index in [-0.39, 0.29) is 11.1 Å². The van der Waals surface area contributed by atoms with E-state index in [0.29, 0.717) is 5.56 Å². The van der Waals surface area contributed by atoms with Crippen molar-refractivity contribution in [3.8, 4) is 23.4 Å². The minimum atomic E-state index is -0.322. The number of aromatic amines is 1. The monoisotopic (exact) mass is 276 g/mol. The Labute approximate surface area is 122 Å². The van der Waals surface area contributed by atoms with Crippen molar-refractivity contribution < 1.29 is 0 Å². The third-order valence-corrected chi connectivity index (χ3v) is 3.95. The van der Waals surface area contributed by atoms with Gasteiger partial charge in [-0.15, -0.1) is 0 Å². The fraction of sp³-hybridized carbons (Fsp3) is 0.235. The fourth-order valence-electron chi connectivity index (χ4n) is 2.92. The van der Waals surface area contributed by atoms with E-state index in [2.05, 4.69) is 11.1 Å². The molecule has 4 nitrogen and oxygen atoms in total. The van der Waals surface area contributed by atoms with Gasteiger partial charge in [0.25, 0.3) is 5.56 Å². The number of rotatable bonds is 1. The minimum Gasteiger partial charge on any atom is -0.321 e. The second-order valence-corrected chi connectivity index (χ2v) is 5.17. The van der Waals surface area contributed by atoms with Crippen molar-refractivity contribution in [3.05, 3.63) is 56.9 Å². The van der Waals surface area contributed by atoms with E-state index in [1.54, 1.807) is 12.1 Å². The third kappa shape index (κ3) is 2.22. The van der Waals surface area contributed by atoms with Gasteiger partial charge < -0.3 is 4.98 Å². The average Bonchev–Trinajstić information content (AvgIpc) is 2.54. The largest absolute Gasteiger partial charge is 0.321 e. The van der Waals surface area contributed by atoms with Crippen LogP contribution < -0.4 is 5.56 Å². The first-order chi connectivity index (χ1) is 10.2. The summed E-state index contributed by atoms with van der Waals surface area (Å²) in [6.45, 7) is 0. The molecule has 0 spiro atoms. The zero-order chi connectivity index (χ0) is 14.8. The van der Waals surface area contributed by atoms with Gasteiger partial charge in [-0.2, -0.15) is 10.5 Å². The lowest BCUT2D eigenvalue weighted by Gasteiger charge is -2.20. The van der Waals surface area contributed by atoms with Crippen LogP contribution in [0, 0.1) is 22.7 Å². The van der Waals surface area contributed by atoms with Gasteiger partial charge in [0, 0.05) is 0 Å². The van der Waals surface area contributed by atoms with Crippen LogP contribution in [0.3, 0.4) is 0 Å². The predicted molar refractivity (Wildman–Crippen MR) is 78.6 cm³/mol. The van der Waals surface area contributed by atoms with E-state index in [9.17, 15) is 10.1 Å². The molecule has 0 atom stereocenters. The quantitative estimate of drug-likeness (QED) is 0.869. The van der Waals surface area contributed by atoms with Crippen LogP contribution in [0.15, 0.2) is 29.1 Å². The van der Waals surface area contributed by atoms with Crippen molar-refractivity contribution in [2.45, 2.75) is 25.7 Å². The predicted octanol–water partition coefficient (Wildman–Crippen LogP) is 2.66. The second-order valence-electron chi connectivity index (χ2n) is 5.17. The van der Waals surface area contributed by atoms with Gasteiger partial charge in [0.2, 0.25) is 0 Å². The summed E-state index contributed by atoms with van der Waals surface area (Å²) in [5.41, 5.74) is 4.16. The molecule has 1 heterocycles. The number of benzene rings is 1. The molecule has 0 radical (unpaired) electrons. The summed E-state index contributed by atoms with van der Waals surface area (Å²) in [7, 11) is 0. The van der Waals surface area contributed by atoms with Crippen LogP contribution in [0.2, 0.25) is 0 Å². The summed E-state index contributed by atoms with van der Waals surface area (Å²) in [5, 5.41) is 18.1. The van der Waals surface area contributed by atoms with Gasteiger partial charge in [0.15, 0.2) is 0 Å². The van der Waals surface area contributed by atoms with E-state index < -0.39 is 0 Å². The van der Waals surface area contributed by atoms with Crippen molar-refractivity contribution in [1.82, 2.24) is 4.98 Å². The Morgan fingerprint density at radius 2 is 1.62 bits per heavy atom. The topological polar surface area (TPSA) is 80.4 Å². The lowest BCUT2D eigenvalue weighted by Crippen LogP contribution is -2.20. The van der Waals surface area contributed by atoms with E-state index >= 15 is 0 Å². The smallest absolute Gasteiger partial charge is 0.266 e. The van der Waals surface area contributed by atoms with Crippen molar-refractivity contribution >= 4 is 0 Å². The molecule has 0 saturated heterocycles. The molecule has 1 aromatic carbocycles. The molecule has 0 bridgehead atoms. The molecule has 102 valence electrons. The van der Waals surface area contributed by atoms with E-state index in [1.807, 2.05) is 18.2 Å². The number of fused-ring (bicyclic) bond motifs is 1. The number of nitriles is 2. The first-order valence-corrected chi connectivity index (χ1v) is 6.93. The summed E-state index contributed by atoms with van der Waals surface area (Å²) in [6, 6.07) is 11.3. The number of H-pyrrole nitrogens is 1. The molecule has 2 aromatic rings. The van der Waals surface area contributed by atoms with Gasteiger partial charge in [-0.25, -0.2) is 0 Å². The standard InChI is InChI=1S/C17H13N3O/c18-9-11-5-7-12(8-6-11)16-14-4-2-1-3-13(14)15(10-19)17(21)20-16/h5-8H,1-4H2,(H,20,21)/i15+1. The number of nitrogens with one attached hydrogen (secondary N) is 1. The number of pyridine rings is 1. The normalized spacial score (nSPS) is 13.0. The van der Waals surface area contributed by atoms with Gasteiger partial charge in [-0.3, -0.25) is 4.79 Å². The average molecular weight is 276 g/mol. The van der Waals surface area contributed by atoms with Gasteiger partial charge in [0.05, 0.1) is 17.3 Å². The SMILES string of the molecule is N#Cc1ccc(-c2[nH]c(=O)[13c](C#N)c3c2CCCC3)cc1. The molecule has 0 amide bonds. The molecule has 0 saturated carbocycles. The molecule has 1 N–H and O–H groups in total. The molecule has 1 aliphatic carbocycles. The lowest BCUT2D eigenvalue weighted by atomic mass is 9.90. The molecule has 3 rings (SSSR count). The highest BCUT2D eigenvalue weighted by atomic mass is 16.1. The molecule has 0 fully saturated rings. The second kappa shape index (κ2) is 5.26. The van der Waals surface area contributed by atoms with Gasteiger partial charge in [-0.1, -0.05) is 12.1 Å². The van der Waals surface area contributed by atoms with Crippen molar-refractivity contribution in [3.63, 3.8) is 0 Å². The van der Waals surface area contributed by atoms with Crippen LogP contribution in [0.4, 0.5) is 0 Å². The van der Waals surface area contributed by atoms with Crippen LogP contribution in [0.1, 0.15) is 35.1 Å². The molecule has 0 aliphatic heterocycles. The summed E-state index contributed by atoms with van der Waals surface area (Å²) in [6.07, 6.45) is 3.73. The number of hydrogen-bond donors (Lipinski definition) is 1. The molecule has 0 unspecified atom stereocenters. The zero-order valence-electron chi connectivity index (χ0n) is 11.4.